The lowest BCUT2D eigenvalue weighted by Crippen LogP contribution is -2.24. The van der Waals surface area contributed by atoms with Crippen LogP contribution in [-0.2, 0) is 11.3 Å². The van der Waals surface area contributed by atoms with Crippen LogP contribution in [-0.4, -0.2) is 17.6 Å². The number of hydrogen-bond donors (Lipinski definition) is 2. The predicted molar refractivity (Wildman–Crippen MR) is 87.9 cm³/mol. The second-order valence-corrected chi connectivity index (χ2v) is 4.94. The summed E-state index contributed by atoms with van der Waals surface area (Å²) in [6.07, 6.45) is 1.61. The van der Waals surface area contributed by atoms with Crippen molar-refractivity contribution in [2.45, 2.75) is 20.0 Å². The predicted octanol–water partition coefficient (Wildman–Crippen LogP) is 2.35. The summed E-state index contributed by atoms with van der Waals surface area (Å²) in [6.45, 7) is 2.38. The molecule has 0 fully saturated rings. The lowest BCUT2D eigenvalue weighted by atomic mass is 10.2. The van der Waals surface area contributed by atoms with Crippen molar-refractivity contribution in [1.82, 2.24) is 10.3 Å². The number of hydrogen-bond acceptors (Lipinski definition) is 3. The maximum Gasteiger partial charge on any atom is 0.407 e. The minimum Gasteiger partial charge on any atom is -0.445 e. The van der Waals surface area contributed by atoms with E-state index in [4.69, 9.17) is 4.74 Å². The molecule has 0 atom stereocenters. The van der Waals surface area contributed by atoms with E-state index in [2.05, 4.69) is 22.1 Å². The fourth-order valence-corrected chi connectivity index (χ4v) is 1.84. The van der Waals surface area contributed by atoms with E-state index in [1.165, 1.54) is 0 Å². The molecule has 0 unspecified atom stereocenters. The zero-order chi connectivity index (χ0) is 16.5. The molecular weight excluding hydrogens is 292 g/mol. The van der Waals surface area contributed by atoms with Gasteiger partial charge in [-0.15, -0.1) is 0 Å². The maximum atomic E-state index is 11.5. The fraction of sp³-hybridized carbons (Fsp3) is 0.222. The third-order valence-electron chi connectivity index (χ3n) is 3.05. The Labute approximate surface area is 134 Å². The molecule has 2 aromatic rings. The number of aromatic nitrogens is 1. The van der Waals surface area contributed by atoms with Gasteiger partial charge in [-0.2, -0.15) is 0 Å². The van der Waals surface area contributed by atoms with Gasteiger partial charge in [0.05, 0.1) is 0 Å². The quantitative estimate of drug-likeness (QED) is 0.672. The van der Waals surface area contributed by atoms with Crippen LogP contribution in [0.1, 0.15) is 23.1 Å². The van der Waals surface area contributed by atoms with Crippen LogP contribution in [0, 0.1) is 18.8 Å². The zero-order valence-corrected chi connectivity index (χ0v) is 12.9. The molecule has 1 aromatic heterocycles. The average molecular weight is 310 g/mol. The Hall–Kier alpha value is -3.00. The number of aromatic amines is 1. The second-order valence-electron chi connectivity index (χ2n) is 4.94. The molecule has 1 heterocycles. The van der Waals surface area contributed by atoms with Gasteiger partial charge in [0.1, 0.15) is 6.61 Å². The Morgan fingerprint density at radius 3 is 2.83 bits per heavy atom. The van der Waals surface area contributed by atoms with Gasteiger partial charge in [-0.1, -0.05) is 42.2 Å². The Morgan fingerprint density at radius 1 is 1.30 bits per heavy atom. The molecule has 5 nitrogen and oxygen atoms in total. The van der Waals surface area contributed by atoms with Gasteiger partial charge in [0.15, 0.2) is 0 Å². The van der Waals surface area contributed by atoms with Crippen molar-refractivity contribution < 1.29 is 9.53 Å². The molecule has 0 aliphatic heterocycles. The molecule has 1 aromatic carbocycles. The third-order valence-corrected chi connectivity index (χ3v) is 3.05. The van der Waals surface area contributed by atoms with Crippen LogP contribution in [0.4, 0.5) is 4.79 Å². The monoisotopic (exact) mass is 310 g/mol. The second kappa shape index (κ2) is 8.44. The fourth-order valence-electron chi connectivity index (χ4n) is 1.84. The number of nitrogens with one attached hydrogen (secondary N) is 2. The van der Waals surface area contributed by atoms with Crippen LogP contribution in [0.2, 0.25) is 0 Å². The topological polar surface area (TPSA) is 71.2 Å². The highest BCUT2D eigenvalue weighted by molar-refractivity contribution is 5.67. The number of alkyl carbamates (subject to hydrolysis) is 1. The summed E-state index contributed by atoms with van der Waals surface area (Å²) >= 11 is 0. The van der Waals surface area contributed by atoms with Crippen molar-refractivity contribution in [1.29, 1.82) is 0 Å². The summed E-state index contributed by atoms with van der Waals surface area (Å²) in [5, 5.41) is 2.64. The van der Waals surface area contributed by atoms with E-state index in [0.717, 1.165) is 11.1 Å². The zero-order valence-electron chi connectivity index (χ0n) is 12.9. The smallest absolute Gasteiger partial charge is 0.407 e. The van der Waals surface area contributed by atoms with E-state index in [1.54, 1.807) is 19.2 Å². The number of amides is 1. The summed E-state index contributed by atoms with van der Waals surface area (Å²) in [5.41, 5.74) is 2.20. The SMILES string of the molecule is Cc1cc(C#CCCNC(=O)OCc2ccccc2)c[nH]c1=O. The Morgan fingerprint density at radius 2 is 2.09 bits per heavy atom. The van der Waals surface area contributed by atoms with Crippen LogP contribution < -0.4 is 10.9 Å². The van der Waals surface area contributed by atoms with Crippen molar-refractivity contribution in [3.05, 3.63) is 69.6 Å². The lowest BCUT2D eigenvalue weighted by Gasteiger charge is -2.05. The largest absolute Gasteiger partial charge is 0.445 e. The molecule has 1 amide bonds. The summed E-state index contributed by atoms with van der Waals surface area (Å²) in [4.78, 5) is 25.3. The molecule has 2 N–H and O–H groups in total. The first-order valence-electron chi connectivity index (χ1n) is 7.28. The number of H-pyrrole nitrogens is 1. The number of rotatable bonds is 4. The van der Waals surface area contributed by atoms with E-state index in [-0.39, 0.29) is 12.2 Å². The molecule has 0 bridgehead atoms. The van der Waals surface area contributed by atoms with Crippen LogP contribution >= 0.6 is 0 Å². The Kier molecular flexibility index (Phi) is 6.01. The van der Waals surface area contributed by atoms with Gasteiger partial charge in [0, 0.05) is 30.3 Å². The molecule has 2 rings (SSSR count). The van der Waals surface area contributed by atoms with Crippen molar-refractivity contribution in [3.63, 3.8) is 0 Å². The number of carbonyl (C=O) groups excluding carboxylic acids is 1. The third kappa shape index (κ3) is 5.71. The van der Waals surface area contributed by atoms with Gasteiger partial charge in [0.25, 0.3) is 5.56 Å². The summed E-state index contributed by atoms with van der Waals surface area (Å²) in [5.74, 6) is 5.87. The van der Waals surface area contributed by atoms with Crippen molar-refractivity contribution >= 4 is 6.09 Å². The summed E-state index contributed by atoms with van der Waals surface area (Å²) < 4.78 is 5.08. The molecule has 0 spiro atoms. The molecule has 0 aliphatic carbocycles. The molecule has 0 saturated heterocycles. The minimum atomic E-state index is -0.462. The van der Waals surface area contributed by atoms with Gasteiger partial charge >= 0.3 is 6.09 Å². The average Bonchev–Trinajstić information content (AvgIpc) is 2.57. The first-order valence-corrected chi connectivity index (χ1v) is 7.28. The lowest BCUT2D eigenvalue weighted by molar-refractivity contribution is 0.140. The van der Waals surface area contributed by atoms with E-state index in [9.17, 15) is 9.59 Å². The normalized spacial score (nSPS) is 9.61. The highest BCUT2D eigenvalue weighted by atomic mass is 16.5. The standard InChI is InChI=1S/C18H18N2O3/c1-14-11-16(12-20-17(14)21)9-5-6-10-19-18(22)23-13-15-7-3-2-4-8-15/h2-4,7-8,11-12H,6,10,13H2,1H3,(H,19,22)(H,20,21). The van der Waals surface area contributed by atoms with Crippen molar-refractivity contribution in [2.75, 3.05) is 6.54 Å². The van der Waals surface area contributed by atoms with Gasteiger partial charge in [-0.05, 0) is 18.6 Å². The number of benzene rings is 1. The maximum absolute atomic E-state index is 11.5. The van der Waals surface area contributed by atoms with E-state index >= 15 is 0 Å². The van der Waals surface area contributed by atoms with E-state index in [1.807, 2.05) is 30.3 Å². The molecule has 23 heavy (non-hydrogen) atoms. The van der Waals surface area contributed by atoms with Gasteiger partial charge in [-0.3, -0.25) is 4.79 Å². The van der Waals surface area contributed by atoms with Gasteiger partial charge in [-0.25, -0.2) is 4.79 Å². The number of carbonyl (C=O) groups is 1. The van der Waals surface area contributed by atoms with Crippen LogP contribution in [0.3, 0.4) is 0 Å². The van der Waals surface area contributed by atoms with Gasteiger partial charge < -0.3 is 15.0 Å². The summed E-state index contributed by atoms with van der Waals surface area (Å²) in [6, 6.07) is 11.2. The molecule has 0 aliphatic rings. The van der Waals surface area contributed by atoms with Crippen LogP contribution in [0.25, 0.3) is 0 Å². The first kappa shape index (κ1) is 16.4. The molecule has 0 saturated carbocycles. The Balaban J connectivity index is 1.69. The highest BCUT2D eigenvalue weighted by Gasteiger charge is 2.00. The molecule has 118 valence electrons. The van der Waals surface area contributed by atoms with Crippen molar-refractivity contribution in [3.8, 4) is 11.8 Å². The Bertz CT molecular complexity index is 770. The molecular formula is C18H18N2O3. The van der Waals surface area contributed by atoms with E-state index < -0.39 is 6.09 Å². The minimum absolute atomic E-state index is 0.113. The number of pyridine rings is 1. The van der Waals surface area contributed by atoms with Gasteiger partial charge in [0.2, 0.25) is 0 Å². The summed E-state index contributed by atoms with van der Waals surface area (Å²) in [7, 11) is 0. The van der Waals surface area contributed by atoms with E-state index in [0.29, 0.717) is 18.5 Å². The molecule has 0 radical (unpaired) electrons. The van der Waals surface area contributed by atoms with Crippen LogP contribution in [0.15, 0.2) is 47.4 Å². The first-order chi connectivity index (χ1) is 11.1. The number of ether oxygens (including phenoxy) is 1. The van der Waals surface area contributed by atoms with Crippen molar-refractivity contribution in [2.24, 2.45) is 0 Å². The highest BCUT2D eigenvalue weighted by Crippen LogP contribution is 2.00. The number of aryl methyl sites for hydroxylation is 1. The van der Waals surface area contributed by atoms with Crippen LogP contribution in [0.5, 0.6) is 0 Å². The molecule has 5 heteroatoms.